The first kappa shape index (κ1) is 20.4. The van der Waals surface area contributed by atoms with Gasteiger partial charge in [-0.25, -0.2) is 0 Å². The van der Waals surface area contributed by atoms with E-state index in [4.69, 9.17) is 10.1 Å². The lowest BCUT2D eigenvalue weighted by atomic mass is 10.1. The summed E-state index contributed by atoms with van der Waals surface area (Å²) in [6.45, 7) is 0.923. The summed E-state index contributed by atoms with van der Waals surface area (Å²) in [6.07, 6.45) is 10.9. The van der Waals surface area contributed by atoms with E-state index >= 15 is 0 Å². The molecule has 7 nitrogen and oxygen atoms in total. The van der Waals surface area contributed by atoms with Crippen molar-refractivity contribution in [3.63, 3.8) is 0 Å². The topological polar surface area (TPSA) is 70.5 Å². The van der Waals surface area contributed by atoms with Gasteiger partial charge in [0.25, 0.3) is 5.56 Å². The molecule has 4 heterocycles. The van der Waals surface area contributed by atoms with Crippen molar-refractivity contribution < 1.29 is 0 Å². The average Bonchev–Trinajstić information content (AvgIpc) is 3.75. The molecule has 8 heteroatoms. The molecule has 0 N–H and O–H groups in total. The Hall–Kier alpha value is -3.01. The number of fused-ring (bicyclic) bond motifs is 2. The number of aryl methyl sites for hydroxylation is 1. The summed E-state index contributed by atoms with van der Waals surface area (Å²) in [5, 5.41) is 10.3. The number of benzene rings is 1. The number of rotatable bonds is 5. The molecule has 0 radical (unpaired) electrons. The van der Waals surface area contributed by atoms with Crippen molar-refractivity contribution in [2.24, 2.45) is 13.0 Å². The van der Waals surface area contributed by atoms with Crippen LogP contribution in [0, 0.1) is 9.49 Å². The lowest BCUT2D eigenvalue weighted by molar-refractivity contribution is 0.646. The van der Waals surface area contributed by atoms with Crippen LogP contribution in [0.1, 0.15) is 37.3 Å². The van der Waals surface area contributed by atoms with Gasteiger partial charge in [0.05, 0.1) is 25.9 Å². The Morgan fingerprint density at radius 2 is 1.91 bits per heavy atom. The zero-order valence-electron chi connectivity index (χ0n) is 18.8. The van der Waals surface area contributed by atoms with Crippen molar-refractivity contribution in [1.82, 2.24) is 29.1 Å². The monoisotopic (exact) mass is 562 g/mol. The van der Waals surface area contributed by atoms with Gasteiger partial charge in [-0.05, 0) is 78.5 Å². The largest absolute Gasteiger partial charge is 0.344 e. The molecule has 0 saturated heterocycles. The number of hydrogen-bond donors (Lipinski definition) is 0. The predicted molar refractivity (Wildman–Crippen MR) is 140 cm³/mol. The first-order valence-corrected chi connectivity index (χ1v) is 12.8. The van der Waals surface area contributed by atoms with Crippen molar-refractivity contribution in [2.45, 2.75) is 38.1 Å². The molecule has 0 spiro atoms. The lowest BCUT2D eigenvalue weighted by Gasteiger charge is -2.13. The molecule has 0 aliphatic heterocycles. The van der Waals surface area contributed by atoms with Crippen molar-refractivity contribution in [1.29, 1.82) is 0 Å². The molecular weight excluding hydrogens is 539 g/mol. The van der Waals surface area contributed by atoms with Gasteiger partial charge in [0.1, 0.15) is 5.52 Å². The third kappa shape index (κ3) is 3.38. The second-order valence-electron chi connectivity index (χ2n) is 9.65. The smallest absolute Gasteiger partial charge is 0.281 e. The predicted octanol–water partition coefficient (Wildman–Crippen LogP) is 5.03. The quantitative estimate of drug-likeness (QED) is 0.282. The molecule has 0 amide bonds. The van der Waals surface area contributed by atoms with Crippen LogP contribution in [0.15, 0.2) is 53.7 Å². The highest BCUT2D eigenvalue weighted by atomic mass is 127. The number of nitrogens with zero attached hydrogens (tertiary/aromatic N) is 6. The molecule has 2 aliphatic rings. The summed E-state index contributed by atoms with van der Waals surface area (Å²) in [6, 6.07) is 9.99. The Balaban J connectivity index is 1.48. The van der Waals surface area contributed by atoms with E-state index in [1.54, 1.807) is 9.36 Å². The van der Waals surface area contributed by atoms with Gasteiger partial charge >= 0.3 is 0 Å². The van der Waals surface area contributed by atoms with E-state index in [1.165, 1.54) is 25.7 Å². The summed E-state index contributed by atoms with van der Waals surface area (Å²) >= 11 is 2.34. The van der Waals surface area contributed by atoms with Crippen LogP contribution in [-0.2, 0) is 13.6 Å². The Kier molecular flexibility index (Phi) is 4.49. The van der Waals surface area contributed by atoms with Gasteiger partial charge in [-0.15, -0.1) is 0 Å². The summed E-state index contributed by atoms with van der Waals surface area (Å²) in [5.74, 6) is 1.26. The van der Waals surface area contributed by atoms with Crippen LogP contribution in [0.3, 0.4) is 0 Å². The molecule has 4 aromatic heterocycles. The molecule has 1 aromatic carbocycles. The van der Waals surface area contributed by atoms with Gasteiger partial charge in [0.15, 0.2) is 0 Å². The molecule has 0 atom stereocenters. The summed E-state index contributed by atoms with van der Waals surface area (Å²) in [7, 11) is 1.90. The minimum absolute atomic E-state index is 0.122. The first-order valence-electron chi connectivity index (χ1n) is 11.8. The van der Waals surface area contributed by atoms with Crippen molar-refractivity contribution in [3.8, 4) is 16.8 Å². The molecule has 2 saturated carbocycles. The average molecular weight is 562 g/mol. The minimum atomic E-state index is -0.122. The van der Waals surface area contributed by atoms with Crippen molar-refractivity contribution >= 4 is 44.5 Å². The van der Waals surface area contributed by atoms with Gasteiger partial charge in [0, 0.05) is 54.7 Å². The molecule has 170 valence electrons. The van der Waals surface area contributed by atoms with Gasteiger partial charge in [-0.1, -0.05) is 6.07 Å². The Bertz CT molecular complexity index is 1640. The molecule has 0 unspecified atom stereocenters. The fourth-order valence-corrected chi connectivity index (χ4v) is 5.52. The highest BCUT2D eigenvalue weighted by Gasteiger charge is 2.27. The van der Waals surface area contributed by atoms with Crippen LogP contribution in [0.5, 0.6) is 0 Å². The van der Waals surface area contributed by atoms with Crippen LogP contribution >= 0.6 is 22.6 Å². The number of aromatic nitrogens is 6. The maximum absolute atomic E-state index is 14.1. The Morgan fingerprint density at radius 1 is 1.06 bits per heavy atom. The molecule has 2 aliphatic carbocycles. The number of hydrogen-bond acceptors (Lipinski definition) is 4. The Morgan fingerprint density at radius 3 is 2.65 bits per heavy atom. The Labute approximate surface area is 209 Å². The lowest BCUT2D eigenvalue weighted by Crippen LogP contribution is -2.24. The van der Waals surface area contributed by atoms with E-state index in [0.717, 1.165) is 49.0 Å². The van der Waals surface area contributed by atoms with Crippen LogP contribution in [0.2, 0.25) is 0 Å². The second kappa shape index (κ2) is 7.49. The maximum Gasteiger partial charge on any atom is 0.281 e. The van der Waals surface area contributed by atoms with Gasteiger partial charge in [-0.2, -0.15) is 14.9 Å². The van der Waals surface area contributed by atoms with E-state index in [2.05, 4.69) is 50.6 Å². The molecular formula is C26H23IN6O. The van der Waals surface area contributed by atoms with Crippen LogP contribution < -0.4 is 5.56 Å². The van der Waals surface area contributed by atoms with E-state index in [9.17, 15) is 4.79 Å². The van der Waals surface area contributed by atoms with Crippen molar-refractivity contribution in [2.75, 3.05) is 0 Å². The molecule has 2 fully saturated rings. The van der Waals surface area contributed by atoms with Crippen LogP contribution in [0.4, 0.5) is 0 Å². The summed E-state index contributed by atoms with van der Waals surface area (Å²) < 4.78 is 6.62. The highest BCUT2D eigenvalue weighted by molar-refractivity contribution is 14.1. The van der Waals surface area contributed by atoms with E-state index < -0.39 is 0 Å². The van der Waals surface area contributed by atoms with Crippen molar-refractivity contribution in [3.05, 3.63) is 68.5 Å². The van der Waals surface area contributed by atoms with E-state index in [-0.39, 0.29) is 5.56 Å². The maximum atomic E-state index is 14.1. The van der Waals surface area contributed by atoms with E-state index in [0.29, 0.717) is 17.4 Å². The number of halogens is 1. The number of pyridine rings is 1. The van der Waals surface area contributed by atoms with Crippen LogP contribution in [0.25, 0.3) is 38.8 Å². The van der Waals surface area contributed by atoms with E-state index in [1.807, 2.05) is 37.6 Å². The molecule has 5 aromatic rings. The second-order valence-corrected chi connectivity index (χ2v) is 10.8. The molecule has 34 heavy (non-hydrogen) atoms. The highest BCUT2D eigenvalue weighted by Crippen LogP contribution is 2.40. The third-order valence-electron chi connectivity index (χ3n) is 6.92. The first-order chi connectivity index (χ1) is 16.5. The fourth-order valence-electron chi connectivity index (χ4n) is 4.82. The van der Waals surface area contributed by atoms with Gasteiger partial charge in [0.2, 0.25) is 0 Å². The normalized spacial score (nSPS) is 16.1. The van der Waals surface area contributed by atoms with Gasteiger partial charge in [-0.3, -0.25) is 14.5 Å². The third-order valence-corrected chi connectivity index (χ3v) is 7.71. The SMILES string of the molecule is Cn1cc2cc(-n3nc4c(I)cn(CC5CC5)c4c(-c4ccc(C5CC5)nc4)c3=O)ccc2n1. The summed E-state index contributed by atoms with van der Waals surface area (Å²) in [4.78, 5) is 18.8. The zero-order chi connectivity index (χ0) is 23.0. The molecule has 0 bridgehead atoms. The zero-order valence-corrected chi connectivity index (χ0v) is 20.9. The minimum Gasteiger partial charge on any atom is -0.344 e. The molecule has 7 rings (SSSR count). The standard InChI is InChI=1S/C26H23IN6O/c1-31-13-18-10-19(7-9-22(18)29-31)33-26(34)23(17-6-8-21(28-11-17)16-4-5-16)25-24(30-33)20(27)14-32(25)12-15-2-3-15/h6-11,13-16H,2-5,12H2,1H3. The fraction of sp³-hybridized carbons (Fsp3) is 0.308. The summed E-state index contributed by atoms with van der Waals surface area (Å²) in [5.41, 5.74) is 5.93. The van der Waals surface area contributed by atoms with Crippen LogP contribution in [-0.4, -0.2) is 29.1 Å². The van der Waals surface area contributed by atoms with Gasteiger partial charge < -0.3 is 4.57 Å².